The number of nitrogens with zero attached hydrogens (tertiary/aromatic N) is 3. The van der Waals surface area contributed by atoms with E-state index in [4.69, 9.17) is 0 Å². The van der Waals surface area contributed by atoms with Crippen LogP contribution in [0.25, 0.3) is 10.9 Å². The molecule has 0 unspecified atom stereocenters. The summed E-state index contributed by atoms with van der Waals surface area (Å²) in [6, 6.07) is 5.17. The Morgan fingerprint density at radius 1 is 1.25 bits per heavy atom. The Labute approximate surface area is 114 Å². The van der Waals surface area contributed by atoms with Gasteiger partial charge < -0.3 is 4.57 Å². The van der Waals surface area contributed by atoms with Gasteiger partial charge in [0.25, 0.3) is 11.1 Å². The Morgan fingerprint density at radius 3 is 2.65 bits per heavy atom. The summed E-state index contributed by atoms with van der Waals surface area (Å²) in [5.74, 6) is 0. The number of aryl methyl sites for hydroxylation is 2. The Morgan fingerprint density at radius 2 is 1.95 bits per heavy atom. The fourth-order valence-electron chi connectivity index (χ4n) is 2.39. The number of pyridine rings is 2. The van der Waals surface area contributed by atoms with Crippen LogP contribution in [-0.2, 0) is 13.6 Å². The van der Waals surface area contributed by atoms with Crippen LogP contribution in [0.2, 0.25) is 0 Å². The first kappa shape index (κ1) is 12.4. The van der Waals surface area contributed by atoms with Crippen molar-refractivity contribution < 1.29 is 0 Å². The molecule has 0 fully saturated rings. The summed E-state index contributed by atoms with van der Waals surface area (Å²) in [5, 5.41) is 3.44. The summed E-state index contributed by atoms with van der Waals surface area (Å²) in [6.45, 7) is 2.22. The van der Waals surface area contributed by atoms with Gasteiger partial charge in [0.05, 0.1) is 17.4 Å². The van der Waals surface area contributed by atoms with Crippen LogP contribution >= 0.6 is 0 Å². The van der Waals surface area contributed by atoms with Crippen molar-refractivity contribution in [1.29, 1.82) is 0 Å². The molecule has 0 aliphatic carbocycles. The molecule has 6 nitrogen and oxygen atoms in total. The molecule has 0 aliphatic rings. The van der Waals surface area contributed by atoms with Crippen LogP contribution in [0.15, 0.2) is 40.2 Å². The third-order valence-electron chi connectivity index (χ3n) is 3.47. The summed E-state index contributed by atoms with van der Waals surface area (Å²) >= 11 is 0. The van der Waals surface area contributed by atoms with E-state index in [1.165, 1.54) is 10.7 Å². The average molecular weight is 270 g/mol. The van der Waals surface area contributed by atoms with Gasteiger partial charge in [-0.1, -0.05) is 0 Å². The maximum atomic E-state index is 12.2. The third-order valence-corrected chi connectivity index (χ3v) is 3.47. The van der Waals surface area contributed by atoms with Crippen LogP contribution in [0.5, 0.6) is 0 Å². The topological polar surface area (TPSA) is 72.7 Å². The van der Waals surface area contributed by atoms with Gasteiger partial charge in [-0.2, -0.15) is 0 Å². The lowest BCUT2D eigenvalue weighted by molar-refractivity contribution is 0.736. The van der Waals surface area contributed by atoms with Crippen molar-refractivity contribution >= 4 is 10.9 Å². The lowest BCUT2D eigenvalue weighted by Crippen LogP contribution is -2.23. The molecular weight excluding hydrogens is 256 g/mol. The highest BCUT2D eigenvalue weighted by Crippen LogP contribution is 2.11. The van der Waals surface area contributed by atoms with Gasteiger partial charge in [0.15, 0.2) is 0 Å². The van der Waals surface area contributed by atoms with E-state index < -0.39 is 0 Å². The molecule has 0 aliphatic heterocycles. The van der Waals surface area contributed by atoms with Gasteiger partial charge in [-0.3, -0.25) is 24.4 Å². The molecule has 0 spiro atoms. The maximum absolute atomic E-state index is 12.2. The minimum Gasteiger partial charge on any atom is -0.308 e. The van der Waals surface area contributed by atoms with Gasteiger partial charge in [0.2, 0.25) is 0 Å². The van der Waals surface area contributed by atoms with Crippen LogP contribution in [0.3, 0.4) is 0 Å². The summed E-state index contributed by atoms with van der Waals surface area (Å²) in [4.78, 5) is 28.2. The van der Waals surface area contributed by atoms with Crippen molar-refractivity contribution in [2.24, 2.45) is 7.05 Å². The molecule has 102 valence electrons. The van der Waals surface area contributed by atoms with E-state index in [0.717, 1.165) is 5.56 Å². The fraction of sp³-hybridized carbons (Fsp3) is 0.214. The second-order valence-corrected chi connectivity index (χ2v) is 4.77. The van der Waals surface area contributed by atoms with E-state index in [2.05, 4.69) is 10.1 Å². The summed E-state index contributed by atoms with van der Waals surface area (Å²) < 4.78 is 2.99. The molecule has 0 radical (unpaired) electrons. The molecule has 3 heterocycles. The molecule has 3 rings (SSSR count). The van der Waals surface area contributed by atoms with Crippen molar-refractivity contribution in [3.63, 3.8) is 0 Å². The van der Waals surface area contributed by atoms with E-state index in [1.807, 2.05) is 12.1 Å². The zero-order valence-corrected chi connectivity index (χ0v) is 11.3. The minimum atomic E-state index is -0.131. The van der Waals surface area contributed by atoms with Gasteiger partial charge >= 0.3 is 0 Å². The molecule has 1 N–H and O–H groups in total. The second-order valence-electron chi connectivity index (χ2n) is 4.77. The van der Waals surface area contributed by atoms with Gasteiger partial charge in [0, 0.05) is 31.2 Å². The number of aromatic amines is 1. The number of rotatable bonds is 2. The Balaban J connectivity index is 2.23. The molecule has 0 bridgehead atoms. The molecule has 0 amide bonds. The maximum Gasteiger partial charge on any atom is 0.275 e. The molecule has 20 heavy (non-hydrogen) atoms. The lowest BCUT2D eigenvalue weighted by Gasteiger charge is -2.09. The standard InChI is InChI=1S/C14H14N4O2/c1-9-13-11(16-17(2)14(13)20)7-12(19)18(9)8-10-3-5-15-6-4-10/h3-7,16H,8H2,1-2H3. The van der Waals surface area contributed by atoms with Crippen molar-refractivity contribution in [2.75, 3.05) is 0 Å². The number of hydrogen-bond donors (Lipinski definition) is 1. The van der Waals surface area contributed by atoms with Gasteiger partial charge in [0.1, 0.15) is 0 Å². The van der Waals surface area contributed by atoms with E-state index in [9.17, 15) is 9.59 Å². The first-order valence-corrected chi connectivity index (χ1v) is 6.26. The van der Waals surface area contributed by atoms with Gasteiger partial charge in [-0.05, 0) is 24.6 Å². The third kappa shape index (κ3) is 1.85. The predicted molar refractivity (Wildman–Crippen MR) is 75.9 cm³/mol. The molecular formula is C14H14N4O2. The van der Waals surface area contributed by atoms with E-state index in [1.54, 1.807) is 30.9 Å². The smallest absolute Gasteiger partial charge is 0.275 e. The fourth-order valence-corrected chi connectivity index (χ4v) is 2.39. The molecule has 0 aromatic carbocycles. The molecule has 3 aromatic rings. The SMILES string of the molecule is Cc1c2c(=O)n(C)[nH]c2cc(=O)n1Cc1ccncc1. The highest BCUT2D eigenvalue weighted by Gasteiger charge is 2.12. The van der Waals surface area contributed by atoms with E-state index >= 15 is 0 Å². The van der Waals surface area contributed by atoms with Gasteiger partial charge in [-0.15, -0.1) is 0 Å². The van der Waals surface area contributed by atoms with Crippen LogP contribution in [-0.4, -0.2) is 19.3 Å². The van der Waals surface area contributed by atoms with Crippen LogP contribution in [0.4, 0.5) is 0 Å². The van der Waals surface area contributed by atoms with Crippen molar-refractivity contribution in [1.82, 2.24) is 19.3 Å². The van der Waals surface area contributed by atoms with Crippen LogP contribution in [0.1, 0.15) is 11.3 Å². The van der Waals surface area contributed by atoms with E-state index in [-0.39, 0.29) is 11.1 Å². The largest absolute Gasteiger partial charge is 0.308 e. The summed E-state index contributed by atoms with van der Waals surface area (Å²) in [7, 11) is 1.64. The first-order valence-electron chi connectivity index (χ1n) is 6.26. The minimum absolute atomic E-state index is 0.124. The first-order chi connectivity index (χ1) is 9.58. The number of hydrogen-bond acceptors (Lipinski definition) is 3. The number of nitrogens with one attached hydrogen (secondary N) is 1. The summed E-state index contributed by atoms with van der Waals surface area (Å²) in [6.07, 6.45) is 3.37. The summed E-state index contributed by atoms with van der Waals surface area (Å²) in [5.41, 5.74) is 1.96. The highest BCUT2D eigenvalue weighted by molar-refractivity contribution is 5.79. The highest BCUT2D eigenvalue weighted by atomic mass is 16.1. The van der Waals surface area contributed by atoms with Crippen LogP contribution in [0, 0.1) is 6.92 Å². The normalized spacial score (nSPS) is 11.1. The number of fused-ring (bicyclic) bond motifs is 1. The van der Waals surface area contributed by atoms with Crippen molar-refractivity contribution in [3.05, 3.63) is 62.6 Å². The molecule has 0 atom stereocenters. The van der Waals surface area contributed by atoms with Crippen molar-refractivity contribution in [2.45, 2.75) is 13.5 Å². The average Bonchev–Trinajstić information content (AvgIpc) is 2.71. The Hall–Kier alpha value is -2.63. The quantitative estimate of drug-likeness (QED) is 0.748. The van der Waals surface area contributed by atoms with Crippen LogP contribution < -0.4 is 11.1 Å². The molecule has 6 heteroatoms. The second kappa shape index (κ2) is 4.48. The molecule has 0 saturated heterocycles. The zero-order valence-electron chi connectivity index (χ0n) is 11.3. The Bertz CT molecular complexity index is 887. The lowest BCUT2D eigenvalue weighted by atomic mass is 10.2. The van der Waals surface area contributed by atoms with Gasteiger partial charge in [-0.25, -0.2) is 0 Å². The Kier molecular flexibility index (Phi) is 2.78. The zero-order chi connectivity index (χ0) is 14.3. The molecule has 0 saturated carbocycles. The predicted octanol–water partition coefficient (Wildman–Crippen LogP) is 0.780. The van der Waals surface area contributed by atoms with E-state index in [0.29, 0.717) is 23.1 Å². The van der Waals surface area contributed by atoms with Crippen molar-refractivity contribution in [3.8, 4) is 0 Å². The number of H-pyrrole nitrogens is 1. The molecule has 3 aromatic heterocycles. The number of aromatic nitrogens is 4. The monoisotopic (exact) mass is 270 g/mol.